The van der Waals surface area contributed by atoms with Crippen molar-refractivity contribution in [2.75, 3.05) is 17.7 Å². The molecule has 1 N–H and O–H groups in total. The quantitative estimate of drug-likeness (QED) is 0.464. The lowest BCUT2D eigenvalue weighted by Gasteiger charge is -2.07. The van der Waals surface area contributed by atoms with Gasteiger partial charge in [0.15, 0.2) is 5.16 Å². The Balaban J connectivity index is 1.81. The Hall–Kier alpha value is -2.41. The number of esters is 1. The molecule has 0 spiro atoms. The highest BCUT2D eigenvalue weighted by Crippen LogP contribution is 2.16. The molecule has 0 aliphatic rings. The molecule has 0 unspecified atom stereocenters. The number of hydrogen-bond acceptors (Lipinski definition) is 6. The minimum atomic E-state index is -0.370. The highest BCUT2D eigenvalue weighted by molar-refractivity contribution is 7.99. The van der Waals surface area contributed by atoms with Crippen molar-refractivity contribution in [3.8, 4) is 0 Å². The molecule has 0 radical (unpaired) electrons. The molecule has 1 amide bonds. The summed E-state index contributed by atoms with van der Waals surface area (Å²) in [6.45, 7) is 5.93. The van der Waals surface area contributed by atoms with Gasteiger partial charge in [0, 0.05) is 29.2 Å². The van der Waals surface area contributed by atoms with E-state index >= 15 is 0 Å². The number of nitrogens with one attached hydrogen (secondary N) is 1. The number of thioether (sulfide) groups is 1. The Morgan fingerprint density at radius 1 is 1.12 bits per heavy atom. The summed E-state index contributed by atoms with van der Waals surface area (Å²) in [7, 11) is 0. The summed E-state index contributed by atoms with van der Waals surface area (Å²) in [5.74, 6) is 0.126. The van der Waals surface area contributed by atoms with E-state index in [1.54, 1.807) is 31.2 Å². The molecule has 2 aromatic rings. The zero-order chi connectivity index (χ0) is 18.2. The number of aromatic nitrogens is 2. The van der Waals surface area contributed by atoms with Crippen LogP contribution in [0.3, 0.4) is 0 Å². The van der Waals surface area contributed by atoms with E-state index in [4.69, 9.17) is 4.74 Å². The molecule has 7 heteroatoms. The van der Waals surface area contributed by atoms with Gasteiger partial charge in [0.2, 0.25) is 5.91 Å². The Morgan fingerprint density at radius 3 is 2.36 bits per heavy atom. The van der Waals surface area contributed by atoms with Crippen LogP contribution >= 0.6 is 11.8 Å². The van der Waals surface area contributed by atoms with Crippen molar-refractivity contribution in [2.24, 2.45) is 0 Å². The van der Waals surface area contributed by atoms with E-state index in [2.05, 4.69) is 15.3 Å². The van der Waals surface area contributed by atoms with Gasteiger partial charge >= 0.3 is 5.97 Å². The largest absolute Gasteiger partial charge is 0.462 e. The minimum absolute atomic E-state index is 0.0965. The molecule has 0 fully saturated rings. The average molecular weight is 359 g/mol. The summed E-state index contributed by atoms with van der Waals surface area (Å²) >= 11 is 1.46. The molecule has 132 valence electrons. The fourth-order valence-electron chi connectivity index (χ4n) is 2.12. The second-order valence-corrected chi connectivity index (χ2v) is 6.44. The molecule has 1 aromatic heterocycles. The van der Waals surface area contributed by atoms with Gasteiger partial charge in [-0.2, -0.15) is 0 Å². The first-order valence-corrected chi connectivity index (χ1v) is 8.98. The van der Waals surface area contributed by atoms with Crippen molar-refractivity contribution in [1.29, 1.82) is 0 Å². The molecule has 25 heavy (non-hydrogen) atoms. The predicted octanol–water partition coefficient (Wildman–Crippen LogP) is 3.39. The van der Waals surface area contributed by atoms with E-state index < -0.39 is 0 Å². The van der Waals surface area contributed by atoms with Gasteiger partial charge in [-0.1, -0.05) is 11.8 Å². The van der Waals surface area contributed by atoms with Crippen molar-refractivity contribution in [2.45, 2.75) is 32.3 Å². The van der Waals surface area contributed by atoms with Crippen LogP contribution in [0.25, 0.3) is 0 Å². The van der Waals surface area contributed by atoms with Gasteiger partial charge in [0.25, 0.3) is 0 Å². The van der Waals surface area contributed by atoms with Gasteiger partial charge in [-0.15, -0.1) is 0 Å². The SMILES string of the molecule is CCOC(=O)c1ccc(NC(=O)CCSc2nc(C)cc(C)n2)cc1. The van der Waals surface area contributed by atoms with Crippen molar-refractivity contribution >= 4 is 29.3 Å². The molecular weight excluding hydrogens is 338 g/mol. The van der Waals surface area contributed by atoms with Crippen LogP contribution in [0.1, 0.15) is 35.1 Å². The van der Waals surface area contributed by atoms with Crippen LogP contribution in [-0.2, 0) is 9.53 Å². The zero-order valence-electron chi connectivity index (χ0n) is 14.5. The minimum Gasteiger partial charge on any atom is -0.462 e. The summed E-state index contributed by atoms with van der Waals surface area (Å²) in [4.78, 5) is 32.2. The molecule has 0 aliphatic carbocycles. The van der Waals surface area contributed by atoms with Crippen molar-refractivity contribution < 1.29 is 14.3 Å². The fraction of sp³-hybridized carbons (Fsp3) is 0.333. The maximum Gasteiger partial charge on any atom is 0.338 e. The normalized spacial score (nSPS) is 10.4. The Labute approximate surface area is 151 Å². The number of carbonyl (C=O) groups excluding carboxylic acids is 2. The number of nitrogens with zero attached hydrogens (tertiary/aromatic N) is 2. The van der Waals surface area contributed by atoms with E-state index in [1.165, 1.54) is 11.8 Å². The third-order valence-corrected chi connectivity index (χ3v) is 4.05. The van der Waals surface area contributed by atoms with Crippen LogP contribution in [0, 0.1) is 13.8 Å². The second-order valence-electron chi connectivity index (χ2n) is 5.38. The first kappa shape index (κ1) is 18.9. The number of carbonyl (C=O) groups is 2. The molecule has 1 aromatic carbocycles. The van der Waals surface area contributed by atoms with Gasteiger partial charge in [0.05, 0.1) is 12.2 Å². The first-order chi connectivity index (χ1) is 12.0. The number of amides is 1. The molecular formula is C18H21N3O3S. The summed E-state index contributed by atoms with van der Waals surface area (Å²) in [6, 6.07) is 8.54. The maximum atomic E-state index is 12.0. The molecule has 1 heterocycles. The van der Waals surface area contributed by atoms with E-state index in [1.807, 2.05) is 19.9 Å². The Bertz CT molecular complexity index is 727. The van der Waals surface area contributed by atoms with Crippen molar-refractivity contribution in [3.63, 3.8) is 0 Å². The van der Waals surface area contributed by atoms with Crippen LogP contribution in [-0.4, -0.2) is 34.2 Å². The topological polar surface area (TPSA) is 81.2 Å². The average Bonchev–Trinajstić information content (AvgIpc) is 2.55. The zero-order valence-corrected chi connectivity index (χ0v) is 15.4. The number of benzene rings is 1. The van der Waals surface area contributed by atoms with Crippen LogP contribution in [0.15, 0.2) is 35.5 Å². The van der Waals surface area contributed by atoms with Crippen LogP contribution in [0.2, 0.25) is 0 Å². The number of ether oxygens (including phenoxy) is 1. The lowest BCUT2D eigenvalue weighted by atomic mass is 10.2. The van der Waals surface area contributed by atoms with Crippen LogP contribution in [0.5, 0.6) is 0 Å². The molecule has 0 atom stereocenters. The van der Waals surface area contributed by atoms with Crippen molar-refractivity contribution in [1.82, 2.24) is 9.97 Å². The van der Waals surface area contributed by atoms with Gasteiger partial charge < -0.3 is 10.1 Å². The summed E-state index contributed by atoms with van der Waals surface area (Å²) in [5, 5.41) is 3.49. The molecule has 0 aliphatic heterocycles. The monoisotopic (exact) mass is 359 g/mol. The number of hydrogen-bond donors (Lipinski definition) is 1. The third kappa shape index (κ3) is 6.19. The number of aryl methyl sites for hydroxylation is 2. The molecule has 6 nitrogen and oxygen atoms in total. The van der Waals surface area contributed by atoms with E-state index in [0.29, 0.717) is 35.2 Å². The maximum absolute atomic E-state index is 12.0. The van der Waals surface area contributed by atoms with Gasteiger partial charge in [-0.25, -0.2) is 14.8 Å². The van der Waals surface area contributed by atoms with Crippen LogP contribution < -0.4 is 5.32 Å². The highest BCUT2D eigenvalue weighted by atomic mass is 32.2. The lowest BCUT2D eigenvalue weighted by molar-refractivity contribution is -0.115. The highest BCUT2D eigenvalue weighted by Gasteiger charge is 2.08. The summed E-state index contributed by atoms with van der Waals surface area (Å²) in [5.41, 5.74) is 2.94. The second kappa shape index (κ2) is 9.17. The van der Waals surface area contributed by atoms with Gasteiger partial charge in [0.1, 0.15) is 0 Å². The summed E-state index contributed by atoms with van der Waals surface area (Å²) in [6.07, 6.45) is 0.348. The van der Waals surface area contributed by atoms with E-state index in [9.17, 15) is 9.59 Å². The Morgan fingerprint density at radius 2 is 1.76 bits per heavy atom. The van der Waals surface area contributed by atoms with Gasteiger partial charge in [-0.05, 0) is 51.1 Å². The molecule has 0 bridgehead atoms. The molecule has 2 rings (SSSR count). The number of anilines is 1. The third-order valence-electron chi connectivity index (χ3n) is 3.20. The van der Waals surface area contributed by atoms with Crippen LogP contribution in [0.4, 0.5) is 5.69 Å². The smallest absolute Gasteiger partial charge is 0.338 e. The van der Waals surface area contributed by atoms with E-state index in [0.717, 1.165) is 11.4 Å². The van der Waals surface area contributed by atoms with Gasteiger partial charge in [-0.3, -0.25) is 4.79 Å². The Kier molecular flexibility index (Phi) is 6.94. The summed E-state index contributed by atoms with van der Waals surface area (Å²) < 4.78 is 4.92. The molecule has 0 saturated heterocycles. The standard InChI is InChI=1S/C18H21N3O3S/c1-4-24-17(23)14-5-7-15(8-6-14)21-16(22)9-10-25-18-19-12(2)11-13(3)20-18/h5-8,11H,4,9-10H2,1-3H3,(H,21,22). The number of rotatable bonds is 7. The van der Waals surface area contributed by atoms with Crippen molar-refractivity contribution in [3.05, 3.63) is 47.3 Å². The van der Waals surface area contributed by atoms with E-state index in [-0.39, 0.29) is 11.9 Å². The lowest BCUT2D eigenvalue weighted by Crippen LogP contribution is -2.12. The first-order valence-electron chi connectivity index (χ1n) is 8.00. The molecule has 0 saturated carbocycles. The predicted molar refractivity (Wildman–Crippen MR) is 97.9 cm³/mol. The fourth-order valence-corrected chi connectivity index (χ4v) is 3.01.